The second-order valence-electron chi connectivity index (χ2n) is 6.04. The molecular formula is C21H18O5. The molecule has 26 heavy (non-hydrogen) atoms. The normalized spacial score (nSPS) is 15.7. The van der Waals surface area contributed by atoms with Crippen molar-refractivity contribution in [3.8, 4) is 0 Å². The van der Waals surface area contributed by atoms with Gasteiger partial charge in [0.2, 0.25) is 0 Å². The summed E-state index contributed by atoms with van der Waals surface area (Å²) in [5.41, 5.74) is 3.05. The van der Waals surface area contributed by atoms with E-state index >= 15 is 0 Å². The van der Waals surface area contributed by atoms with Gasteiger partial charge in [-0.25, -0.2) is 9.59 Å². The summed E-state index contributed by atoms with van der Waals surface area (Å²) >= 11 is 0. The molecule has 1 aliphatic heterocycles. The summed E-state index contributed by atoms with van der Waals surface area (Å²) in [7, 11) is 1.23. The van der Waals surface area contributed by atoms with Gasteiger partial charge >= 0.3 is 11.9 Å². The summed E-state index contributed by atoms with van der Waals surface area (Å²) in [5.74, 6) is -1.98. The molecule has 0 saturated heterocycles. The van der Waals surface area contributed by atoms with E-state index in [4.69, 9.17) is 9.47 Å². The zero-order valence-corrected chi connectivity index (χ0v) is 14.7. The van der Waals surface area contributed by atoms with Crippen molar-refractivity contribution in [3.63, 3.8) is 0 Å². The number of aryl methyl sites for hydroxylation is 2. The van der Waals surface area contributed by atoms with Crippen LogP contribution in [0.1, 0.15) is 22.3 Å². The maximum absolute atomic E-state index is 12.4. The fraction of sp³-hybridized carbons (Fsp3) is 0.143. The molecule has 0 spiro atoms. The van der Waals surface area contributed by atoms with Crippen LogP contribution in [-0.2, 0) is 19.1 Å². The standard InChI is InChI=1S/C21H18O5/c1-12-4-8-14(9-5-12)16-18(22)19(26-21(16)24)17(20(23)25-3)15-10-6-13(2)7-11-15/h4-11,22H,1-3H3. The molecule has 5 nitrogen and oxygen atoms in total. The predicted molar refractivity (Wildman–Crippen MR) is 96.9 cm³/mol. The highest BCUT2D eigenvalue weighted by molar-refractivity contribution is 6.25. The second-order valence-corrected chi connectivity index (χ2v) is 6.04. The fourth-order valence-corrected chi connectivity index (χ4v) is 2.71. The van der Waals surface area contributed by atoms with Crippen molar-refractivity contribution in [2.24, 2.45) is 0 Å². The molecular weight excluding hydrogens is 332 g/mol. The van der Waals surface area contributed by atoms with Crippen LogP contribution in [0.3, 0.4) is 0 Å². The van der Waals surface area contributed by atoms with Crippen LogP contribution < -0.4 is 0 Å². The van der Waals surface area contributed by atoms with Crippen LogP contribution in [-0.4, -0.2) is 24.2 Å². The highest BCUT2D eigenvalue weighted by Crippen LogP contribution is 2.36. The molecule has 132 valence electrons. The second kappa shape index (κ2) is 6.88. The molecule has 0 saturated carbocycles. The lowest BCUT2D eigenvalue weighted by Crippen LogP contribution is -2.09. The third-order valence-electron chi connectivity index (χ3n) is 4.15. The average Bonchev–Trinajstić information content (AvgIpc) is 2.92. The van der Waals surface area contributed by atoms with Gasteiger partial charge in [0.1, 0.15) is 11.1 Å². The summed E-state index contributed by atoms with van der Waals surface area (Å²) in [6.45, 7) is 3.83. The molecule has 3 rings (SSSR count). The van der Waals surface area contributed by atoms with E-state index < -0.39 is 11.9 Å². The molecule has 2 aromatic rings. The van der Waals surface area contributed by atoms with Gasteiger partial charge in [0.05, 0.1) is 7.11 Å². The minimum atomic E-state index is -0.713. The SMILES string of the molecule is COC(=O)C(=C1OC(=O)C(c2ccc(C)cc2)=C1O)c1ccc(C)cc1. The van der Waals surface area contributed by atoms with Gasteiger partial charge < -0.3 is 14.6 Å². The van der Waals surface area contributed by atoms with E-state index in [9.17, 15) is 14.7 Å². The molecule has 5 heteroatoms. The van der Waals surface area contributed by atoms with Gasteiger partial charge in [-0.05, 0) is 25.0 Å². The van der Waals surface area contributed by atoms with E-state index in [-0.39, 0.29) is 22.7 Å². The number of carbonyl (C=O) groups excluding carboxylic acids is 2. The van der Waals surface area contributed by atoms with Gasteiger partial charge in [-0.3, -0.25) is 0 Å². The fourth-order valence-electron chi connectivity index (χ4n) is 2.71. The van der Waals surface area contributed by atoms with Crippen molar-refractivity contribution < 1.29 is 24.2 Å². The Labute approximate surface area is 151 Å². The van der Waals surface area contributed by atoms with Crippen LogP contribution in [0.2, 0.25) is 0 Å². The molecule has 1 aliphatic rings. The molecule has 0 radical (unpaired) electrons. The minimum absolute atomic E-state index is 0.000427. The van der Waals surface area contributed by atoms with E-state index in [1.54, 1.807) is 24.3 Å². The third kappa shape index (κ3) is 3.11. The molecule has 1 heterocycles. The van der Waals surface area contributed by atoms with Crippen LogP contribution in [0.4, 0.5) is 0 Å². The number of hydrogen-bond acceptors (Lipinski definition) is 5. The van der Waals surface area contributed by atoms with Crippen molar-refractivity contribution in [2.75, 3.05) is 7.11 Å². The monoisotopic (exact) mass is 350 g/mol. The largest absolute Gasteiger partial charge is 0.504 e. The van der Waals surface area contributed by atoms with Gasteiger partial charge in [0, 0.05) is 0 Å². The molecule has 1 N–H and O–H groups in total. The number of hydrogen-bond donors (Lipinski definition) is 1. The van der Waals surface area contributed by atoms with Gasteiger partial charge in [-0.1, -0.05) is 59.7 Å². The summed E-state index contributed by atoms with van der Waals surface area (Å²) in [6.07, 6.45) is 0. The average molecular weight is 350 g/mol. The van der Waals surface area contributed by atoms with Crippen LogP contribution in [0.15, 0.2) is 60.0 Å². The molecule has 0 aromatic heterocycles. The zero-order chi connectivity index (χ0) is 18.8. The van der Waals surface area contributed by atoms with E-state index in [1.807, 2.05) is 38.1 Å². The van der Waals surface area contributed by atoms with Crippen molar-refractivity contribution in [1.82, 2.24) is 0 Å². The molecule has 0 fully saturated rings. The lowest BCUT2D eigenvalue weighted by atomic mass is 10.00. The van der Waals surface area contributed by atoms with E-state index in [1.165, 1.54) is 7.11 Å². The third-order valence-corrected chi connectivity index (χ3v) is 4.15. The maximum Gasteiger partial charge on any atom is 0.348 e. The number of cyclic esters (lactones) is 1. The molecule has 0 aliphatic carbocycles. The van der Waals surface area contributed by atoms with Crippen molar-refractivity contribution in [2.45, 2.75) is 13.8 Å². The maximum atomic E-state index is 12.4. The van der Waals surface area contributed by atoms with Gasteiger partial charge in [0.25, 0.3) is 0 Å². The Balaban J connectivity index is 2.20. The summed E-state index contributed by atoms with van der Waals surface area (Å²) < 4.78 is 10.1. The number of esters is 2. The summed E-state index contributed by atoms with van der Waals surface area (Å²) in [6, 6.07) is 14.1. The van der Waals surface area contributed by atoms with Gasteiger partial charge in [0.15, 0.2) is 11.5 Å². The van der Waals surface area contributed by atoms with Gasteiger partial charge in [-0.2, -0.15) is 0 Å². The smallest absolute Gasteiger partial charge is 0.348 e. The first kappa shape index (κ1) is 17.5. The Morgan fingerprint density at radius 1 is 0.962 bits per heavy atom. The highest BCUT2D eigenvalue weighted by Gasteiger charge is 2.36. The lowest BCUT2D eigenvalue weighted by molar-refractivity contribution is -0.134. The summed E-state index contributed by atoms with van der Waals surface area (Å²) in [5, 5.41) is 10.6. The number of aliphatic hydroxyl groups is 1. The quantitative estimate of drug-likeness (QED) is 0.675. The number of rotatable bonds is 3. The number of carbonyl (C=O) groups is 2. The zero-order valence-electron chi connectivity index (χ0n) is 14.7. The number of aliphatic hydroxyl groups excluding tert-OH is 1. The topological polar surface area (TPSA) is 72.8 Å². The first-order valence-electron chi connectivity index (χ1n) is 8.05. The number of methoxy groups -OCH3 is 1. The first-order chi connectivity index (χ1) is 12.4. The summed E-state index contributed by atoms with van der Waals surface area (Å²) in [4.78, 5) is 24.7. The van der Waals surface area contributed by atoms with Crippen molar-refractivity contribution in [3.05, 3.63) is 82.3 Å². The van der Waals surface area contributed by atoms with E-state index in [0.717, 1.165) is 11.1 Å². The Morgan fingerprint density at radius 2 is 1.50 bits per heavy atom. The van der Waals surface area contributed by atoms with Crippen LogP contribution >= 0.6 is 0 Å². The first-order valence-corrected chi connectivity index (χ1v) is 8.05. The van der Waals surface area contributed by atoms with Crippen molar-refractivity contribution >= 4 is 23.1 Å². The lowest BCUT2D eigenvalue weighted by Gasteiger charge is -2.09. The van der Waals surface area contributed by atoms with E-state index in [0.29, 0.717) is 11.1 Å². The molecule has 0 unspecified atom stereocenters. The van der Waals surface area contributed by atoms with Crippen LogP contribution in [0.25, 0.3) is 11.1 Å². The molecule has 0 atom stereocenters. The minimum Gasteiger partial charge on any atom is -0.504 e. The predicted octanol–water partition coefficient (Wildman–Crippen LogP) is 3.71. The molecule has 0 amide bonds. The Kier molecular flexibility index (Phi) is 4.63. The Morgan fingerprint density at radius 3 is 2.04 bits per heavy atom. The number of benzene rings is 2. The van der Waals surface area contributed by atoms with Gasteiger partial charge in [-0.15, -0.1) is 0 Å². The molecule has 0 bridgehead atoms. The van der Waals surface area contributed by atoms with Crippen LogP contribution in [0.5, 0.6) is 0 Å². The molecule has 2 aromatic carbocycles. The Bertz CT molecular complexity index is 931. The van der Waals surface area contributed by atoms with E-state index in [2.05, 4.69) is 0 Å². The Hall–Kier alpha value is -3.34. The van der Waals surface area contributed by atoms with Crippen LogP contribution in [0, 0.1) is 13.8 Å². The number of ether oxygens (including phenoxy) is 2. The highest BCUT2D eigenvalue weighted by atomic mass is 16.6. The van der Waals surface area contributed by atoms with Crippen molar-refractivity contribution in [1.29, 1.82) is 0 Å².